The third kappa shape index (κ3) is 4.68. The summed E-state index contributed by atoms with van der Waals surface area (Å²) in [6, 6.07) is 6.10. The maximum atomic E-state index is 11.1. The minimum absolute atomic E-state index is 0. The van der Waals surface area contributed by atoms with Crippen LogP contribution in [0.25, 0.3) is 0 Å². The third-order valence-corrected chi connectivity index (χ3v) is 3.13. The first-order chi connectivity index (χ1) is 10.4. The second-order valence-electron chi connectivity index (χ2n) is 4.77. The molecule has 0 fully saturated rings. The molecule has 0 aromatic heterocycles. The van der Waals surface area contributed by atoms with Gasteiger partial charge in [-0.15, -0.1) is 17.0 Å². The monoisotopic (exact) mass is 383 g/mol. The average Bonchev–Trinajstić information content (AvgIpc) is 2.47. The fraction of sp³-hybridized carbons (Fsp3) is 0.133. The van der Waals surface area contributed by atoms with Gasteiger partial charge in [-0.05, 0) is 23.8 Å². The van der Waals surface area contributed by atoms with E-state index in [-0.39, 0.29) is 46.8 Å². The largest absolute Gasteiger partial charge is 0.478 e. The first kappa shape index (κ1) is 18.4. The van der Waals surface area contributed by atoms with Gasteiger partial charge in [0.15, 0.2) is 0 Å². The van der Waals surface area contributed by atoms with E-state index in [1.807, 2.05) is 0 Å². The van der Waals surface area contributed by atoms with Gasteiger partial charge >= 0.3 is 17.9 Å². The SMILES string of the molecule is Br.O=C(O)C1=CN(Cc2ccc(C(=O)O)cc2)CC(C(=O)O)=C1. The summed E-state index contributed by atoms with van der Waals surface area (Å²) in [7, 11) is 0. The van der Waals surface area contributed by atoms with Crippen molar-refractivity contribution in [3.05, 3.63) is 58.8 Å². The molecule has 1 aromatic rings. The number of carboxylic acids is 3. The van der Waals surface area contributed by atoms with Crippen molar-refractivity contribution in [1.82, 2.24) is 4.90 Å². The normalized spacial score (nSPS) is 13.5. The van der Waals surface area contributed by atoms with E-state index >= 15 is 0 Å². The van der Waals surface area contributed by atoms with Crippen LogP contribution >= 0.6 is 17.0 Å². The number of nitrogens with zero attached hydrogens (tertiary/aromatic N) is 1. The van der Waals surface area contributed by atoms with Crippen molar-refractivity contribution in [2.45, 2.75) is 6.54 Å². The summed E-state index contributed by atoms with van der Waals surface area (Å²) in [6.07, 6.45) is 2.51. The Morgan fingerprint density at radius 2 is 1.57 bits per heavy atom. The second kappa shape index (κ2) is 7.59. The van der Waals surface area contributed by atoms with Crippen LogP contribution in [0.5, 0.6) is 0 Å². The van der Waals surface area contributed by atoms with Crippen molar-refractivity contribution in [2.75, 3.05) is 6.54 Å². The lowest BCUT2D eigenvalue weighted by Gasteiger charge is -2.24. The van der Waals surface area contributed by atoms with Gasteiger partial charge in [0, 0.05) is 19.3 Å². The highest BCUT2D eigenvalue weighted by atomic mass is 79.9. The maximum absolute atomic E-state index is 11.1. The number of aliphatic carboxylic acids is 2. The van der Waals surface area contributed by atoms with E-state index in [0.717, 1.165) is 11.6 Å². The Bertz CT molecular complexity index is 692. The van der Waals surface area contributed by atoms with E-state index in [4.69, 9.17) is 15.3 Å². The predicted molar refractivity (Wildman–Crippen MR) is 85.6 cm³/mol. The molecule has 0 bridgehead atoms. The van der Waals surface area contributed by atoms with E-state index in [1.165, 1.54) is 18.3 Å². The number of hydrogen-bond acceptors (Lipinski definition) is 4. The third-order valence-electron chi connectivity index (χ3n) is 3.13. The molecule has 1 aromatic carbocycles. The second-order valence-corrected chi connectivity index (χ2v) is 4.77. The Hall–Kier alpha value is -2.61. The van der Waals surface area contributed by atoms with Crippen LogP contribution in [0.3, 0.4) is 0 Å². The molecule has 0 radical (unpaired) electrons. The summed E-state index contributed by atoms with van der Waals surface area (Å²) in [6.45, 7) is 0.355. The highest BCUT2D eigenvalue weighted by Gasteiger charge is 2.20. The fourth-order valence-corrected chi connectivity index (χ4v) is 2.07. The zero-order chi connectivity index (χ0) is 16.3. The van der Waals surface area contributed by atoms with E-state index < -0.39 is 17.9 Å². The van der Waals surface area contributed by atoms with Crippen molar-refractivity contribution in [1.29, 1.82) is 0 Å². The molecule has 23 heavy (non-hydrogen) atoms. The quantitative estimate of drug-likeness (QED) is 0.709. The van der Waals surface area contributed by atoms with Crippen molar-refractivity contribution < 1.29 is 29.7 Å². The van der Waals surface area contributed by atoms with Crippen LogP contribution in [0.15, 0.2) is 47.7 Å². The number of hydrogen-bond donors (Lipinski definition) is 3. The Morgan fingerprint density at radius 1 is 0.957 bits per heavy atom. The van der Waals surface area contributed by atoms with Crippen molar-refractivity contribution in [3.8, 4) is 0 Å². The van der Waals surface area contributed by atoms with Crippen LogP contribution in [0.2, 0.25) is 0 Å². The summed E-state index contributed by atoms with van der Waals surface area (Å²) in [5.74, 6) is -3.41. The summed E-state index contributed by atoms with van der Waals surface area (Å²) >= 11 is 0. The molecule has 0 aliphatic carbocycles. The zero-order valence-corrected chi connectivity index (χ0v) is 13.5. The first-order valence-corrected chi connectivity index (χ1v) is 6.32. The highest BCUT2D eigenvalue weighted by Crippen LogP contribution is 2.17. The summed E-state index contributed by atoms with van der Waals surface area (Å²) in [4.78, 5) is 34.4. The molecule has 1 aliphatic heterocycles. The molecule has 2 rings (SSSR count). The van der Waals surface area contributed by atoms with Crippen LogP contribution in [0, 0.1) is 0 Å². The Labute approximate surface area is 141 Å². The van der Waals surface area contributed by atoms with E-state index in [2.05, 4.69) is 0 Å². The molecule has 0 spiro atoms. The smallest absolute Gasteiger partial charge is 0.337 e. The highest BCUT2D eigenvalue weighted by molar-refractivity contribution is 8.93. The van der Waals surface area contributed by atoms with Crippen molar-refractivity contribution >= 4 is 34.9 Å². The van der Waals surface area contributed by atoms with Crippen LogP contribution in [0.1, 0.15) is 15.9 Å². The van der Waals surface area contributed by atoms with E-state index in [1.54, 1.807) is 17.0 Å². The molecule has 0 unspecified atom stereocenters. The van der Waals surface area contributed by atoms with Gasteiger partial charge in [0.2, 0.25) is 0 Å². The first-order valence-electron chi connectivity index (χ1n) is 6.32. The van der Waals surface area contributed by atoms with Gasteiger partial charge in [-0.25, -0.2) is 14.4 Å². The van der Waals surface area contributed by atoms with Gasteiger partial charge in [0.05, 0.1) is 16.7 Å². The van der Waals surface area contributed by atoms with Crippen LogP contribution in [0.4, 0.5) is 0 Å². The number of aromatic carboxylic acids is 1. The lowest BCUT2D eigenvalue weighted by Crippen LogP contribution is -2.27. The standard InChI is InChI=1S/C15H13NO6.BrH/c17-13(18)10-3-1-9(2-4-10)6-16-7-11(14(19)20)5-12(8-16)15(21)22;/h1-5,7H,6,8H2,(H,17,18)(H,19,20)(H,21,22);1H. The lowest BCUT2D eigenvalue weighted by atomic mass is 10.1. The van der Waals surface area contributed by atoms with Gasteiger partial charge in [-0.2, -0.15) is 0 Å². The molecule has 3 N–H and O–H groups in total. The number of carboxylic acid groups (broad SMARTS) is 3. The van der Waals surface area contributed by atoms with Crippen LogP contribution in [-0.4, -0.2) is 44.7 Å². The molecule has 7 nitrogen and oxygen atoms in total. The molecular formula is C15H14BrNO6. The molecule has 0 atom stereocenters. The van der Waals surface area contributed by atoms with Crippen molar-refractivity contribution in [3.63, 3.8) is 0 Å². The Balaban J connectivity index is 0.00000264. The molecule has 122 valence electrons. The number of carbonyl (C=O) groups is 3. The number of halogens is 1. The van der Waals surface area contributed by atoms with E-state index in [9.17, 15) is 14.4 Å². The summed E-state index contributed by atoms with van der Waals surface area (Å²) < 4.78 is 0. The van der Waals surface area contributed by atoms with Gasteiger partial charge < -0.3 is 20.2 Å². The summed E-state index contributed by atoms with van der Waals surface area (Å²) in [5.41, 5.74) is 0.778. The molecule has 8 heteroatoms. The molecule has 0 amide bonds. The Kier molecular flexibility index (Phi) is 6.09. The fourth-order valence-electron chi connectivity index (χ4n) is 2.07. The topological polar surface area (TPSA) is 115 Å². The van der Waals surface area contributed by atoms with Crippen LogP contribution in [-0.2, 0) is 16.1 Å². The van der Waals surface area contributed by atoms with Crippen LogP contribution < -0.4 is 0 Å². The van der Waals surface area contributed by atoms with Crippen molar-refractivity contribution in [2.24, 2.45) is 0 Å². The minimum atomic E-state index is -1.20. The van der Waals surface area contributed by atoms with E-state index in [0.29, 0.717) is 0 Å². The van der Waals surface area contributed by atoms with Gasteiger partial charge in [-0.1, -0.05) is 12.1 Å². The maximum Gasteiger partial charge on any atom is 0.337 e. The van der Waals surface area contributed by atoms with Gasteiger partial charge in [0.1, 0.15) is 0 Å². The predicted octanol–water partition coefficient (Wildman–Crippen LogP) is 1.76. The minimum Gasteiger partial charge on any atom is -0.478 e. The molecular weight excluding hydrogens is 370 g/mol. The molecule has 1 heterocycles. The van der Waals surface area contributed by atoms with Gasteiger partial charge in [0.25, 0.3) is 0 Å². The average molecular weight is 384 g/mol. The summed E-state index contributed by atoms with van der Waals surface area (Å²) in [5, 5.41) is 26.9. The molecule has 0 saturated heterocycles. The zero-order valence-electron chi connectivity index (χ0n) is 11.8. The number of rotatable bonds is 5. The number of benzene rings is 1. The molecule has 0 saturated carbocycles. The molecule has 1 aliphatic rings. The lowest BCUT2D eigenvalue weighted by molar-refractivity contribution is -0.132. The van der Waals surface area contributed by atoms with Gasteiger partial charge in [-0.3, -0.25) is 0 Å². The Morgan fingerprint density at radius 3 is 2.04 bits per heavy atom.